The Hall–Kier alpha value is -2.22. The van der Waals surface area contributed by atoms with E-state index in [9.17, 15) is 14.7 Å². The van der Waals surface area contributed by atoms with Gasteiger partial charge in [-0.2, -0.15) is 0 Å². The van der Waals surface area contributed by atoms with Crippen LogP contribution in [0, 0.1) is 0 Å². The van der Waals surface area contributed by atoms with E-state index >= 15 is 0 Å². The molecule has 0 atom stereocenters. The van der Waals surface area contributed by atoms with Gasteiger partial charge in [0.1, 0.15) is 0 Å². The summed E-state index contributed by atoms with van der Waals surface area (Å²) in [6, 6.07) is 8.85. The Balaban J connectivity index is 0.000000260. The summed E-state index contributed by atoms with van der Waals surface area (Å²) in [4.78, 5) is 23.5. The summed E-state index contributed by atoms with van der Waals surface area (Å²) in [6.07, 6.45) is 3.44. The molecular weight excluding hydrogens is 370 g/mol. The highest BCUT2D eigenvalue weighted by atomic mass is 32.1. The highest BCUT2D eigenvalue weighted by Crippen LogP contribution is 2.35. The summed E-state index contributed by atoms with van der Waals surface area (Å²) in [5, 5.41) is 21.6. The van der Waals surface area contributed by atoms with Crippen molar-refractivity contribution in [3.63, 3.8) is 0 Å². The van der Waals surface area contributed by atoms with E-state index in [2.05, 4.69) is 42.1 Å². The monoisotopic (exact) mass is 391 g/mol. The summed E-state index contributed by atoms with van der Waals surface area (Å²) < 4.78 is 0. The molecule has 0 unspecified atom stereocenters. The Kier molecular flexibility index (Phi) is 7.77. The molecule has 0 aromatic carbocycles. The van der Waals surface area contributed by atoms with Crippen LogP contribution in [0.3, 0.4) is 0 Å². The van der Waals surface area contributed by atoms with E-state index in [4.69, 9.17) is 5.11 Å². The van der Waals surface area contributed by atoms with E-state index in [0.29, 0.717) is 12.2 Å². The van der Waals surface area contributed by atoms with Gasteiger partial charge in [-0.1, -0.05) is 12.1 Å². The Bertz CT molecular complexity index is 714. The van der Waals surface area contributed by atoms with Gasteiger partial charge in [0.15, 0.2) is 0 Å². The van der Waals surface area contributed by atoms with Gasteiger partial charge in [-0.25, -0.2) is 4.79 Å². The summed E-state index contributed by atoms with van der Waals surface area (Å²) in [5.74, 6) is -2.80. The zero-order chi connectivity index (χ0) is 18.9. The molecule has 5 nitrogen and oxygen atoms in total. The van der Waals surface area contributed by atoms with Crippen molar-refractivity contribution in [2.45, 2.75) is 12.8 Å². The molecule has 138 valence electrons. The van der Waals surface area contributed by atoms with Crippen LogP contribution >= 0.6 is 22.7 Å². The molecule has 0 saturated carbocycles. The number of nitrogens with one attached hydrogen (secondary N) is 1. The van der Waals surface area contributed by atoms with E-state index in [1.165, 1.54) is 41.3 Å². The van der Waals surface area contributed by atoms with Crippen LogP contribution in [0.15, 0.2) is 52.8 Å². The van der Waals surface area contributed by atoms with Gasteiger partial charge in [0.25, 0.3) is 0 Å². The van der Waals surface area contributed by atoms with Crippen LogP contribution in [0.1, 0.15) is 22.6 Å². The fourth-order valence-electron chi connectivity index (χ4n) is 2.68. The molecule has 7 heteroatoms. The lowest BCUT2D eigenvalue weighted by Crippen LogP contribution is -3.09. The van der Waals surface area contributed by atoms with Gasteiger partial charge in [-0.15, -0.1) is 22.7 Å². The van der Waals surface area contributed by atoms with Crippen molar-refractivity contribution in [1.29, 1.82) is 0 Å². The quantitative estimate of drug-likeness (QED) is 0.770. The first-order chi connectivity index (χ1) is 12.5. The molecule has 0 radical (unpaired) electrons. The zero-order valence-corrected chi connectivity index (χ0v) is 16.1. The van der Waals surface area contributed by atoms with Crippen LogP contribution in [-0.2, 0) is 9.59 Å². The number of quaternary nitrogens is 1. The van der Waals surface area contributed by atoms with Crippen molar-refractivity contribution in [2.75, 3.05) is 20.1 Å². The summed E-state index contributed by atoms with van der Waals surface area (Å²) in [5.41, 5.74) is 3.18. The maximum atomic E-state index is 9.53. The third kappa shape index (κ3) is 6.25. The molecule has 1 aliphatic heterocycles. The maximum absolute atomic E-state index is 9.53. The second kappa shape index (κ2) is 10.1. The molecule has 3 heterocycles. The average molecular weight is 392 g/mol. The van der Waals surface area contributed by atoms with E-state index in [1.807, 2.05) is 22.7 Å². The van der Waals surface area contributed by atoms with E-state index in [0.717, 1.165) is 0 Å². The first-order valence-corrected chi connectivity index (χ1v) is 9.96. The second-order valence-corrected chi connectivity index (χ2v) is 7.78. The number of piperidine rings is 1. The van der Waals surface area contributed by atoms with Crippen molar-refractivity contribution >= 4 is 40.2 Å². The van der Waals surface area contributed by atoms with Crippen molar-refractivity contribution in [2.24, 2.45) is 0 Å². The fraction of sp³-hybridized carbons (Fsp3) is 0.263. The molecule has 0 aliphatic carbocycles. The number of carbonyl (C=O) groups is 2. The molecule has 26 heavy (non-hydrogen) atoms. The molecular formula is C19H21NO4S2. The smallest absolute Gasteiger partial charge is 0.328 e. The van der Waals surface area contributed by atoms with Gasteiger partial charge in [0.05, 0.1) is 26.1 Å². The number of hydrogen-bond donors (Lipinski definition) is 2. The molecule has 2 N–H and O–H groups in total. The Morgan fingerprint density at radius 3 is 1.96 bits per heavy atom. The third-order valence-corrected chi connectivity index (χ3v) is 5.73. The molecule has 3 rings (SSSR count). The zero-order valence-electron chi connectivity index (χ0n) is 14.4. The highest BCUT2D eigenvalue weighted by molar-refractivity contribution is 7.13. The number of rotatable bonds is 4. The first kappa shape index (κ1) is 20.1. The lowest BCUT2D eigenvalue weighted by atomic mass is 9.96. The summed E-state index contributed by atoms with van der Waals surface area (Å²) in [6.45, 7) is 2.55. The Labute approximate surface area is 160 Å². The summed E-state index contributed by atoms with van der Waals surface area (Å²) in [7, 11) is 2.30. The van der Waals surface area contributed by atoms with Gasteiger partial charge in [-0.3, -0.25) is 0 Å². The minimum atomic E-state index is -1.51. The normalized spacial score (nSPS) is 16.8. The number of carboxylic acid groups (broad SMARTS) is 2. The summed E-state index contributed by atoms with van der Waals surface area (Å²) >= 11 is 3.73. The highest BCUT2D eigenvalue weighted by Gasteiger charge is 2.19. The maximum Gasteiger partial charge on any atom is 0.328 e. The second-order valence-electron chi connectivity index (χ2n) is 5.88. The van der Waals surface area contributed by atoms with Crippen LogP contribution < -0.4 is 10.0 Å². The van der Waals surface area contributed by atoms with Crippen LogP contribution in [-0.4, -0.2) is 37.2 Å². The predicted molar refractivity (Wildman–Crippen MR) is 102 cm³/mol. The van der Waals surface area contributed by atoms with E-state index in [1.54, 1.807) is 10.5 Å². The van der Waals surface area contributed by atoms with Crippen molar-refractivity contribution in [1.82, 2.24) is 0 Å². The van der Waals surface area contributed by atoms with Crippen molar-refractivity contribution in [3.8, 4) is 0 Å². The Morgan fingerprint density at radius 2 is 1.62 bits per heavy atom. The van der Waals surface area contributed by atoms with Crippen LogP contribution in [0.2, 0.25) is 0 Å². The van der Waals surface area contributed by atoms with Gasteiger partial charge < -0.3 is 19.9 Å². The third-order valence-electron chi connectivity index (χ3n) is 3.96. The largest absolute Gasteiger partial charge is 0.545 e. The molecule has 2 aromatic rings. The van der Waals surface area contributed by atoms with Crippen molar-refractivity contribution < 1.29 is 24.7 Å². The fourth-order valence-corrected chi connectivity index (χ4v) is 4.41. The molecule has 1 saturated heterocycles. The predicted octanol–water partition coefficient (Wildman–Crippen LogP) is 1.30. The van der Waals surface area contributed by atoms with Gasteiger partial charge in [-0.05, 0) is 34.5 Å². The lowest BCUT2D eigenvalue weighted by Gasteiger charge is -2.23. The molecule has 0 spiro atoms. The number of carbonyl (C=O) groups excluding carboxylic acids is 1. The number of likely N-dealkylation sites (tertiary alicyclic amines) is 1. The van der Waals surface area contributed by atoms with Gasteiger partial charge in [0, 0.05) is 34.2 Å². The van der Waals surface area contributed by atoms with Gasteiger partial charge >= 0.3 is 5.97 Å². The molecule has 0 amide bonds. The topological polar surface area (TPSA) is 81.9 Å². The number of carboxylic acids is 2. The van der Waals surface area contributed by atoms with Gasteiger partial charge in [0.2, 0.25) is 0 Å². The lowest BCUT2D eigenvalue weighted by molar-refractivity contribution is -0.882. The minimum Gasteiger partial charge on any atom is -0.545 e. The Morgan fingerprint density at radius 1 is 1.08 bits per heavy atom. The SMILES string of the molecule is C[NH+]1CCC(=C(c2cccs2)c2cccs2)CC1.O=C([O-])/C=C/C(=O)O. The molecule has 1 aliphatic rings. The van der Waals surface area contributed by atoms with E-state index in [-0.39, 0.29) is 0 Å². The van der Waals surface area contributed by atoms with Crippen molar-refractivity contribution in [3.05, 3.63) is 62.5 Å². The molecule has 2 aromatic heterocycles. The van der Waals surface area contributed by atoms with Crippen LogP contribution in [0.25, 0.3) is 5.57 Å². The number of aliphatic carboxylic acids is 2. The van der Waals surface area contributed by atoms with Crippen LogP contribution in [0.4, 0.5) is 0 Å². The van der Waals surface area contributed by atoms with Crippen LogP contribution in [0.5, 0.6) is 0 Å². The molecule has 0 bridgehead atoms. The first-order valence-electron chi connectivity index (χ1n) is 8.20. The number of thiophene rings is 2. The number of hydrogen-bond acceptors (Lipinski definition) is 5. The average Bonchev–Trinajstić information content (AvgIpc) is 3.30. The molecule has 1 fully saturated rings. The standard InChI is InChI=1S/C15H17NS2.C4H4O4/c1-16-8-6-12(7-9-16)15(13-4-2-10-17-13)14-5-3-11-18-14;5-3(6)1-2-4(7)8/h2-5,10-11H,6-9H2,1H3;1-2H,(H,5,6)(H,7,8)/b;2-1+. The minimum absolute atomic E-state index is 0.447. The van der Waals surface area contributed by atoms with E-state index < -0.39 is 11.9 Å².